The van der Waals surface area contributed by atoms with E-state index in [4.69, 9.17) is 34.7 Å². The zero-order chi connectivity index (χ0) is 50.5. The molecule has 4 heterocycles. The van der Waals surface area contributed by atoms with Gasteiger partial charge < -0.3 is 45.9 Å². The second-order valence-electron chi connectivity index (χ2n) is 17.2. The second-order valence-corrected chi connectivity index (χ2v) is 17.2. The number of rotatable bonds is 18. The highest BCUT2D eigenvalue weighted by atomic mass is 16.5. The van der Waals surface area contributed by atoms with Crippen LogP contribution < -0.4 is 55.7 Å². The lowest BCUT2D eigenvalue weighted by molar-refractivity contribution is -0.127. The highest BCUT2D eigenvalue weighted by Crippen LogP contribution is 2.43. The third kappa shape index (κ3) is 10.3. The summed E-state index contributed by atoms with van der Waals surface area (Å²) in [6.07, 6.45) is 4.71. The topological polar surface area (TPSA) is 262 Å². The van der Waals surface area contributed by atoms with Crippen LogP contribution in [0.2, 0.25) is 0 Å². The van der Waals surface area contributed by atoms with Crippen molar-refractivity contribution in [1.82, 2.24) is 21.3 Å². The number of ether oxygens (including phenoxy) is 4. The summed E-state index contributed by atoms with van der Waals surface area (Å²) in [6.45, 7) is -1.55. The molecule has 5 aromatic rings. The maximum absolute atomic E-state index is 14.0. The van der Waals surface area contributed by atoms with Gasteiger partial charge in [0.15, 0.2) is 23.0 Å². The number of hydrogen-bond donors (Lipinski definition) is 5. The number of aliphatic imine (C=N–C) groups is 2. The number of primary amides is 1. The lowest BCUT2D eigenvalue weighted by Crippen LogP contribution is -2.44. The van der Waals surface area contributed by atoms with Crippen LogP contribution in [-0.4, -0.2) is 106 Å². The molecule has 0 fully saturated rings. The van der Waals surface area contributed by atoms with Crippen LogP contribution in [0, 0.1) is 0 Å². The third-order valence-corrected chi connectivity index (χ3v) is 12.4. The number of nitrogens with one attached hydrogen (secondary N) is 4. The minimum Gasteiger partial charge on any atom is -0.493 e. The quantitative estimate of drug-likeness (QED) is 0.0850. The average molecular weight is 976 g/mol. The van der Waals surface area contributed by atoms with E-state index < -0.39 is 42.6 Å². The highest BCUT2D eigenvalue weighted by molar-refractivity contribution is 6.16. The molecule has 9 rings (SSSR count). The van der Waals surface area contributed by atoms with E-state index in [0.717, 1.165) is 22.5 Å². The molecule has 4 aliphatic rings. The summed E-state index contributed by atoms with van der Waals surface area (Å²) in [7, 11) is 2.93. The van der Waals surface area contributed by atoms with E-state index in [9.17, 15) is 33.6 Å². The molecule has 2 atom stereocenters. The van der Waals surface area contributed by atoms with Gasteiger partial charge in [0, 0.05) is 67.3 Å². The molecule has 368 valence electrons. The highest BCUT2D eigenvalue weighted by Gasteiger charge is 2.38. The number of fused-ring (bicyclic) bond motifs is 8. The van der Waals surface area contributed by atoms with Gasteiger partial charge in [-0.1, -0.05) is 36.4 Å². The van der Waals surface area contributed by atoms with Gasteiger partial charge in [0.05, 0.1) is 68.4 Å². The summed E-state index contributed by atoms with van der Waals surface area (Å²) in [4.78, 5) is 103. The fourth-order valence-electron chi connectivity index (χ4n) is 8.89. The van der Waals surface area contributed by atoms with Gasteiger partial charge in [0.25, 0.3) is 17.7 Å². The van der Waals surface area contributed by atoms with Gasteiger partial charge >= 0.3 is 0 Å². The van der Waals surface area contributed by atoms with Crippen LogP contribution in [0.25, 0.3) is 0 Å². The first-order valence-corrected chi connectivity index (χ1v) is 23.0. The van der Waals surface area contributed by atoms with E-state index in [1.165, 1.54) is 14.2 Å². The first-order chi connectivity index (χ1) is 34.9. The van der Waals surface area contributed by atoms with Crippen molar-refractivity contribution in [2.45, 2.75) is 44.6 Å². The number of amides is 7. The van der Waals surface area contributed by atoms with Crippen molar-refractivity contribution < 1.29 is 52.5 Å². The van der Waals surface area contributed by atoms with Gasteiger partial charge in [-0.2, -0.15) is 0 Å². The zero-order valence-electron chi connectivity index (χ0n) is 39.2. The van der Waals surface area contributed by atoms with Crippen molar-refractivity contribution in [3.63, 3.8) is 0 Å². The SMILES string of the molecule is COc1cc2c(cc1OCc1cc(COc3cc4c(cc3OC)C(=O)N3c5ccccc5C[C@H]3C=N4)cc(C(=O)NCC(=O)NCC(=O)NCC(=O)NCCC(N)=O)c1)N=C[C@@H]1Cc3ccccc3N1C2=O. The molecule has 5 aromatic carbocycles. The fourth-order valence-corrected chi connectivity index (χ4v) is 8.89. The Morgan fingerprint density at radius 2 is 1.06 bits per heavy atom. The van der Waals surface area contributed by atoms with Gasteiger partial charge in [-0.3, -0.25) is 53.3 Å². The third-order valence-electron chi connectivity index (χ3n) is 12.4. The molecule has 0 aromatic heterocycles. The Morgan fingerprint density at radius 1 is 0.597 bits per heavy atom. The van der Waals surface area contributed by atoms with Gasteiger partial charge in [-0.25, -0.2) is 0 Å². The van der Waals surface area contributed by atoms with E-state index in [2.05, 4.69) is 21.3 Å². The number of para-hydroxylation sites is 2. The van der Waals surface area contributed by atoms with Crippen molar-refractivity contribution in [3.05, 3.63) is 130 Å². The van der Waals surface area contributed by atoms with Crippen molar-refractivity contribution in [2.75, 3.05) is 50.2 Å². The van der Waals surface area contributed by atoms with Gasteiger partial charge in [-0.05, 0) is 64.7 Å². The van der Waals surface area contributed by atoms with Crippen molar-refractivity contribution in [2.24, 2.45) is 15.7 Å². The first kappa shape index (κ1) is 48.0. The molecule has 20 heteroatoms. The monoisotopic (exact) mass is 975 g/mol. The Kier molecular flexibility index (Phi) is 13.9. The van der Waals surface area contributed by atoms with Crippen LogP contribution in [0.1, 0.15) is 59.7 Å². The predicted octanol–water partition coefficient (Wildman–Crippen LogP) is 3.39. The molecule has 7 amide bonds. The molecule has 0 spiro atoms. The van der Waals surface area contributed by atoms with Crippen LogP contribution in [0.15, 0.2) is 101 Å². The number of hydrogen-bond acceptors (Lipinski definition) is 13. The van der Waals surface area contributed by atoms with Crippen molar-refractivity contribution in [3.8, 4) is 23.0 Å². The summed E-state index contributed by atoms with van der Waals surface area (Å²) < 4.78 is 24.1. The van der Waals surface area contributed by atoms with Crippen LogP contribution in [0.3, 0.4) is 0 Å². The van der Waals surface area contributed by atoms with Gasteiger partial charge in [0.2, 0.25) is 23.6 Å². The number of anilines is 2. The molecule has 0 saturated carbocycles. The summed E-state index contributed by atoms with van der Waals surface area (Å²) in [6, 6.07) is 26.4. The summed E-state index contributed by atoms with van der Waals surface area (Å²) in [5.74, 6) is -2.44. The number of carbonyl (C=O) groups excluding carboxylic acids is 7. The van der Waals surface area contributed by atoms with E-state index >= 15 is 0 Å². The van der Waals surface area contributed by atoms with Gasteiger partial charge in [-0.15, -0.1) is 0 Å². The standard InChI is InChI=1S/C52H49N9O11/c1-69-42-18-36-38(55-22-34-16-31-7-3-5-9-40(31)60(34)51(36)67)20-44(42)71-27-29-13-30(15-33(14-29)50(66)59-26-49(65)58-25-48(64)57-24-47(63)54-12-11-46(53)62)28-72-45-21-39-37(19-43(45)70-2)52(68)61-35(23-56-39)17-32-8-4-6-10-41(32)61/h3-10,13-15,18-23,34-35H,11-12,16-17,24-28H2,1-2H3,(H2,53,62)(H,54,63)(H,57,64)(H,58,65)(H,59,66)/t34-,35-/m0/s1. The molecule has 0 aliphatic carbocycles. The smallest absolute Gasteiger partial charge is 0.261 e. The summed E-state index contributed by atoms with van der Waals surface area (Å²) in [5.41, 5.74) is 11.5. The number of nitrogens with two attached hydrogens (primary N) is 1. The molecule has 4 aliphatic heterocycles. The molecule has 72 heavy (non-hydrogen) atoms. The van der Waals surface area contributed by atoms with Crippen LogP contribution in [0.4, 0.5) is 22.7 Å². The Hall–Kier alpha value is -9.07. The molecule has 20 nitrogen and oxygen atoms in total. The minimum absolute atomic E-state index is 0.0146. The lowest BCUT2D eigenvalue weighted by atomic mass is 10.1. The number of methoxy groups -OCH3 is 2. The Morgan fingerprint density at radius 3 is 1.53 bits per heavy atom. The predicted molar refractivity (Wildman–Crippen MR) is 264 cm³/mol. The maximum Gasteiger partial charge on any atom is 0.261 e. The average Bonchev–Trinajstić information content (AvgIpc) is 3.88. The maximum atomic E-state index is 14.0. The Balaban J connectivity index is 0.919. The lowest BCUT2D eigenvalue weighted by Gasteiger charge is -2.22. The van der Waals surface area contributed by atoms with Crippen molar-refractivity contribution in [1.29, 1.82) is 0 Å². The number of nitrogens with zero attached hydrogens (tertiary/aromatic N) is 4. The van der Waals surface area contributed by atoms with Gasteiger partial charge in [0.1, 0.15) is 13.2 Å². The van der Waals surface area contributed by atoms with E-state index in [1.807, 2.05) is 48.5 Å². The Labute approximate surface area is 412 Å². The van der Waals surface area contributed by atoms with E-state index in [0.29, 0.717) is 46.5 Å². The van der Waals surface area contributed by atoms with Crippen LogP contribution in [0.5, 0.6) is 23.0 Å². The Bertz CT molecular complexity index is 2940. The molecule has 0 bridgehead atoms. The molecule has 6 N–H and O–H groups in total. The largest absolute Gasteiger partial charge is 0.493 e. The normalized spacial score (nSPS) is 15.6. The van der Waals surface area contributed by atoms with Crippen LogP contribution in [-0.2, 0) is 45.2 Å². The molecular weight excluding hydrogens is 927 g/mol. The summed E-state index contributed by atoms with van der Waals surface area (Å²) in [5, 5.41) is 9.73. The summed E-state index contributed by atoms with van der Waals surface area (Å²) >= 11 is 0. The zero-order valence-corrected chi connectivity index (χ0v) is 39.2. The van der Waals surface area contributed by atoms with E-state index in [1.54, 1.807) is 64.7 Å². The fraction of sp³-hybridized carbons (Fsp3) is 0.250. The number of benzene rings is 5. The van der Waals surface area contributed by atoms with E-state index in [-0.39, 0.29) is 85.2 Å². The minimum atomic E-state index is -0.686. The molecular formula is C52H49N9O11. The van der Waals surface area contributed by atoms with Crippen molar-refractivity contribution >= 4 is 76.5 Å². The molecule has 0 radical (unpaired) electrons. The molecule has 0 saturated heterocycles. The second kappa shape index (κ2) is 20.9. The number of carbonyl (C=O) groups is 7. The van der Waals surface area contributed by atoms with Crippen LogP contribution >= 0.6 is 0 Å². The molecule has 0 unspecified atom stereocenters. The first-order valence-electron chi connectivity index (χ1n) is 23.0.